The first-order chi connectivity index (χ1) is 11.9. The van der Waals surface area contributed by atoms with Crippen LogP contribution in [0.25, 0.3) is 0 Å². The number of ether oxygens (including phenoxy) is 1. The summed E-state index contributed by atoms with van der Waals surface area (Å²) in [4.78, 5) is 12.2. The van der Waals surface area contributed by atoms with Gasteiger partial charge < -0.3 is 10.1 Å². The molecule has 1 rings (SSSR count). The van der Waals surface area contributed by atoms with Crippen LogP contribution in [0.1, 0.15) is 33.6 Å². The number of anilines is 1. The van der Waals surface area contributed by atoms with E-state index in [-0.39, 0.29) is 10.8 Å². The zero-order valence-electron chi connectivity index (χ0n) is 15.4. The maximum Gasteiger partial charge on any atom is 0.243 e. The van der Waals surface area contributed by atoms with E-state index in [4.69, 9.17) is 4.74 Å². The Morgan fingerprint density at radius 3 is 2.48 bits per heavy atom. The monoisotopic (exact) mass is 388 g/mol. The fourth-order valence-corrected chi connectivity index (χ4v) is 4.63. The van der Waals surface area contributed by atoms with Gasteiger partial charge in [0.25, 0.3) is 0 Å². The number of sulfonamides is 1. The maximum absolute atomic E-state index is 12.6. The number of methoxy groups -OCH3 is 1. The lowest BCUT2D eigenvalue weighted by Gasteiger charge is -2.19. The second-order valence-electron chi connectivity index (χ2n) is 5.41. The Balaban J connectivity index is 2.97. The minimum Gasteiger partial charge on any atom is -0.495 e. The zero-order chi connectivity index (χ0) is 18.9. The first-order valence-corrected chi connectivity index (χ1v) is 11.1. The molecule has 0 unspecified atom stereocenters. The smallest absolute Gasteiger partial charge is 0.243 e. The molecule has 0 bridgehead atoms. The van der Waals surface area contributed by atoms with Gasteiger partial charge in [0.2, 0.25) is 15.9 Å². The molecule has 6 nitrogen and oxygen atoms in total. The van der Waals surface area contributed by atoms with E-state index in [1.165, 1.54) is 23.5 Å². The Morgan fingerprint density at radius 1 is 1.24 bits per heavy atom. The van der Waals surface area contributed by atoms with E-state index >= 15 is 0 Å². The lowest BCUT2D eigenvalue weighted by atomic mass is 10.3. The highest BCUT2D eigenvalue weighted by atomic mass is 32.2. The molecule has 0 spiro atoms. The number of nitrogens with zero attached hydrogens (tertiary/aromatic N) is 1. The number of benzene rings is 1. The van der Waals surface area contributed by atoms with E-state index in [1.807, 2.05) is 0 Å². The molecule has 0 radical (unpaired) electrons. The number of hydrogen-bond acceptors (Lipinski definition) is 5. The van der Waals surface area contributed by atoms with Crippen LogP contribution in [0.4, 0.5) is 5.69 Å². The Bertz CT molecular complexity index is 659. The van der Waals surface area contributed by atoms with Crippen LogP contribution in [-0.4, -0.2) is 50.3 Å². The van der Waals surface area contributed by atoms with Crippen molar-refractivity contribution < 1.29 is 17.9 Å². The predicted octanol–water partition coefficient (Wildman–Crippen LogP) is 3.20. The average molecular weight is 389 g/mol. The van der Waals surface area contributed by atoms with Crippen molar-refractivity contribution in [2.75, 3.05) is 37.0 Å². The molecule has 0 saturated heterocycles. The number of carbonyl (C=O) groups is 1. The molecule has 1 aromatic rings. The summed E-state index contributed by atoms with van der Waals surface area (Å²) in [6, 6.07) is 4.52. The minimum absolute atomic E-state index is 0.144. The van der Waals surface area contributed by atoms with Gasteiger partial charge in [-0.05, 0) is 30.4 Å². The van der Waals surface area contributed by atoms with Crippen molar-refractivity contribution >= 4 is 33.4 Å². The van der Waals surface area contributed by atoms with Gasteiger partial charge in [0, 0.05) is 13.1 Å². The average Bonchev–Trinajstić information content (AvgIpc) is 2.59. The number of unbranched alkanes of at least 4 members (excludes halogenated alkanes) is 1. The molecular formula is C17H28N2O4S2. The van der Waals surface area contributed by atoms with Crippen molar-refractivity contribution in [2.24, 2.45) is 0 Å². The summed E-state index contributed by atoms with van der Waals surface area (Å²) in [6.45, 7) is 6.47. The van der Waals surface area contributed by atoms with Crippen LogP contribution in [0.2, 0.25) is 0 Å². The largest absolute Gasteiger partial charge is 0.495 e. The van der Waals surface area contributed by atoms with Crippen LogP contribution < -0.4 is 10.1 Å². The topological polar surface area (TPSA) is 75.7 Å². The molecule has 0 aromatic heterocycles. The molecule has 25 heavy (non-hydrogen) atoms. The summed E-state index contributed by atoms with van der Waals surface area (Å²) in [6.07, 6.45) is 2.16. The number of rotatable bonds is 11. The SMILES string of the molecule is CCCCSCC(=O)Nc1cc(S(=O)(=O)N(CC)CC)ccc1OC. The second kappa shape index (κ2) is 10.7. The van der Waals surface area contributed by atoms with E-state index in [2.05, 4.69) is 12.2 Å². The molecule has 0 aliphatic rings. The van der Waals surface area contributed by atoms with Crippen molar-refractivity contribution in [3.8, 4) is 5.75 Å². The van der Waals surface area contributed by atoms with Gasteiger partial charge in [0.05, 0.1) is 23.4 Å². The highest BCUT2D eigenvalue weighted by Crippen LogP contribution is 2.29. The van der Waals surface area contributed by atoms with Crippen molar-refractivity contribution in [2.45, 2.75) is 38.5 Å². The third kappa shape index (κ3) is 6.20. The molecule has 0 saturated carbocycles. The van der Waals surface area contributed by atoms with Crippen molar-refractivity contribution in [3.05, 3.63) is 18.2 Å². The van der Waals surface area contributed by atoms with E-state index in [9.17, 15) is 13.2 Å². The van der Waals surface area contributed by atoms with Gasteiger partial charge in [-0.15, -0.1) is 0 Å². The summed E-state index contributed by atoms with van der Waals surface area (Å²) < 4.78 is 31.9. The van der Waals surface area contributed by atoms with Crippen molar-refractivity contribution in [1.82, 2.24) is 4.31 Å². The third-order valence-electron chi connectivity index (χ3n) is 3.66. The molecule has 0 aliphatic carbocycles. The Kier molecular flexibility index (Phi) is 9.31. The molecule has 1 N–H and O–H groups in total. The first kappa shape index (κ1) is 21.8. The van der Waals surface area contributed by atoms with Crippen LogP contribution in [-0.2, 0) is 14.8 Å². The summed E-state index contributed by atoms with van der Waals surface area (Å²) >= 11 is 1.56. The van der Waals surface area contributed by atoms with Gasteiger partial charge >= 0.3 is 0 Å². The van der Waals surface area contributed by atoms with Crippen molar-refractivity contribution in [3.63, 3.8) is 0 Å². The van der Waals surface area contributed by atoms with Crippen LogP contribution in [0.5, 0.6) is 5.75 Å². The maximum atomic E-state index is 12.6. The van der Waals surface area contributed by atoms with Crippen LogP contribution >= 0.6 is 11.8 Å². The summed E-state index contributed by atoms with van der Waals surface area (Å²) in [7, 11) is -2.10. The fraction of sp³-hybridized carbons (Fsp3) is 0.588. The molecule has 0 aliphatic heterocycles. The molecule has 1 aromatic carbocycles. The van der Waals surface area contributed by atoms with E-state index in [0.717, 1.165) is 18.6 Å². The Labute approximate surface area is 155 Å². The highest BCUT2D eigenvalue weighted by molar-refractivity contribution is 7.99. The van der Waals surface area contributed by atoms with E-state index < -0.39 is 10.0 Å². The normalized spacial score (nSPS) is 11.6. The van der Waals surface area contributed by atoms with Gasteiger partial charge in [0.15, 0.2) is 0 Å². The standard InChI is InChI=1S/C17H28N2O4S2/c1-5-8-11-24-13-17(20)18-15-12-14(9-10-16(15)23-4)25(21,22)19(6-2)7-3/h9-10,12H,5-8,11,13H2,1-4H3,(H,18,20). The summed E-state index contributed by atoms with van der Waals surface area (Å²) in [5.74, 6) is 1.52. The molecule has 8 heteroatoms. The zero-order valence-corrected chi connectivity index (χ0v) is 17.0. The summed E-state index contributed by atoms with van der Waals surface area (Å²) in [5, 5.41) is 2.76. The predicted molar refractivity (Wildman–Crippen MR) is 104 cm³/mol. The van der Waals surface area contributed by atoms with E-state index in [0.29, 0.717) is 30.3 Å². The van der Waals surface area contributed by atoms with Crippen LogP contribution in [0.15, 0.2) is 23.1 Å². The van der Waals surface area contributed by atoms with Gasteiger partial charge in [-0.25, -0.2) is 8.42 Å². The Hall–Kier alpha value is -1.25. The lowest BCUT2D eigenvalue weighted by Crippen LogP contribution is -2.30. The fourth-order valence-electron chi connectivity index (χ4n) is 2.26. The number of nitrogens with one attached hydrogen (secondary N) is 1. The molecule has 0 heterocycles. The molecular weight excluding hydrogens is 360 g/mol. The molecule has 0 atom stereocenters. The first-order valence-electron chi connectivity index (χ1n) is 8.46. The minimum atomic E-state index is -3.59. The number of carbonyl (C=O) groups excluding carboxylic acids is 1. The van der Waals surface area contributed by atoms with E-state index in [1.54, 1.807) is 31.7 Å². The second-order valence-corrected chi connectivity index (χ2v) is 8.45. The van der Waals surface area contributed by atoms with Crippen LogP contribution in [0.3, 0.4) is 0 Å². The van der Waals surface area contributed by atoms with Gasteiger partial charge in [-0.3, -0.25) is 4.79 Å². The van der Waals surface area contributed by atoms with Gasteiger partial charge in [0.1, 0.15) is 5.75 Å². The lowest BCUT2D eigenvalue weighted by molar-refractivity contribution is -0.113. The summed E-state index contributed by atoms with van der Waals surface area (Å²) in [5.41, 5.74) is 0.372. The molecule has 1 amide bonds. The van der Waals surface area contributed by atoms with Gasteiger partial charge in [-0.2, -0.15) is 16.1 Å². The van der Waals surface area contributed by atoms with Crippen molar-refractivity contribution in [1.29, 1.82) is 0 Å². The number of thioether (sulfide) groups is 1. The Morgan fingerprint density at radius 2 is 1.92 bits per heavy atom. The third-order valence-corrected chi connectivity index (χ3v) is 6.75. The molecule has 142 valence electrons. The highest BCUT2D eigenvalue weighted by Gasteiger charge is 2.23. The van der Waals surface area contributed by atoms with Gasteiger partial charge in [-0.1, -0.05) is 27.2 Å². The van der Waals surface area contributed by atoms with Crippen LogP contribution in [0, 0.1) is 0 Å². The number of amides is 1. The quantitative estimate of drug-likeness (QED) is 0.589. The molecule has 0 fully saturated rings. The number of hydrogen-bond donors (Lipinski definition) is 1.